The molecular weight excluding hydrogens is 201 g/mol. The summed E-state index contributed by atoms with van der Waals surface area (Å²) in [5.41, 5.74) is 1.01. The molecule has 1 aromatic carbocycles. The normalized spacial score (nSPS) is 14.1. The molecule has 0 bridgehead atoms. The predicted octanol–water partition coefficient (Wildman–Crippen LogP) is 2.76. The fraction of sp³-hybridized carbons (Fsp3) is 0.429. The van der Waals surface area contributed by atoms with Gasteiger partial charge in [0.05, 0.1) is 0 Å². The monoisotopic (exact) mass is 219 g/mol. The molecule has 86 valence electrons. The van der Waals surface area contributed by atoms with Crippen molar-refractivity contribution in [1.82, 2.24) is 5.32 Å². The zero-order chi connectivity index (χ0) is 12.0. The van der Waals surface area contributed by atoms with Gasteiger partial charge in [0.2, 0.25) is 0 Å². The average Bonchev–Trinajstić information content (AvgIpc) is 2.17. The molecule has 0 saturated heterocycles. The highest BCUT2D eigenvalue weighted by Crippen LogP contribution is 2.07. The number of halogens is 1. The van der Waals surface area contributed by atoms with Gasteiger partial charge in [-0.15, -0.1) is 12.3 Å². The molecule has 2 unspecified atom stereocenters. The lowest BCUT2D eigenvalue weighted by atomic mass is 10.1. The summed E-state index contributed by atoms with van der Waals surface area (Å²) in [4.78, 5) is 0. The molecule has 2 atom stereocenters. The molecule has 1 nitrogen and oxygen atoms in total. The van der Waals surface area contributed by atoms with Crippen molar-refractivity contribution >= 4 is 0 Å². The van der Waals surface area contributed by atoms with Gasteiger partial charge >= 0.3 is 0 Å². The molecule has 0 saturated carbocycles. The van der Waals surface area contributed by atoms with Crippen molar-refractivity contribution in [2.24, 2.45) is 0 Å². The van der Waals surface area contributed by atoms with Crippen molar-refractivity contribution in [3.05, 3.63) is 35.6 Å². The van der Waals surface area contributed by atoms with Gasteiger partial charge in [0, 0.05) is 18.5 Å². The van der Waals surface area contributed by atoms with E-state index in [0.717, 1.165) is 12.0 Å². The molecule has 1 N–H and O–H groups in total. The second kappa shape index (κ2) is 6.30. The van der Waals surface area contributed by atoms with E-state index in [-0.39, 0.29) is 5.82 Å². The van der Waals surface area contributed by atoms with Gasteiger partial charge in [-0.2, -0.15) is 0 Å². The molecule has 0 aliphatic rings. The van der Waals surface area contributed by atoms with Crippen molar-refractivity contribution in [2.45, 2.75) is 38.8 Å². The smallest absolute Gasteiger partial charge is 0.123 e. The highest BCUT2D eigenvalue weighted by Gasteiger charge is 2.07. The SMILES string of the molecule is C#CCC(C)NC(C)Cc1cccc(F)c1. The molecule has 0 aliphatic heterocycles. The minimum absolute atomic E-state index is 0.179. The summed E-state index contributed by atoms with van der Waals surface area (Å²) in [6, 6.07) is 7.31. The first kappa shape index (κ1) is 12.7. The lowest BCUT2D eigenvalue weighted by Gasteiger charge is -2.18. The maximum atomic E-state index is 13.0. The van der Waals surface area contributed by atoms with Crippen LogP contribution in [0.4, 0.5) is 4.39 Å². The van der Waals surface area contributed by atoms with Gasteiger partial charge < -0.3 is 5.32 Å². The van der Waals surface area contributed by atoms with Gasteiger partial charge in [-0.05, 0) is 38.0 Å². The fourth-order valence-corrected chi connectivity index (χ4v) is 1.80. The van der Waals surface area contributed by atoms with Crippen LogP contribution in [0.15, 0.2) is 24.3 Å². The first-order chi connectivity index (χ1) is 7.61. The van der Waals surface area contributed by atoms with Crippen LogP contribution < -0.4 is 5.32 Å². The Hall–Kier alpha value is -1.33. The Morgan fingerprint density at radius 1 is 1.38 bits per heavy atom. The van der Waals surface area contributed by atoms with Crippen molar-refractivity contribution in [3.8, 4) is 12.3 Å². The molecule has 0 radical (unpaired) electrons. The Morgan fingerprint density at radius 2 is 2.12 bits per heavy atom. The van der Waals surface area contributed by atoms with Crippen LogP contribution in [-0.2, 0) is 6.42 Å². The highest BCUT2D eigenvalue weighted by atomic mass is 19.1. The van der Waals surface area contributed by atoms with Crippen molar-refractivity contribution in [1.29, 1.82) is 0 Å². The predicted molar refractivity (Wildman–Crippen MR) is 65.6 cm³/mol. The maximum Gasteiger partial charge on any atom is 0.123 e. The van der Waals surface area contributed by atoms with Crippen LogP contribution in [0.25, 0.3) is 0 Å². The molecule has 16 heavy (non-hydrogen) atoms. The number of rotatable bonds is 5. The van der Waals surface area contributed by atoms with E-state index in [1.165, 1.54) is 6.07 Å². The number of nitrogens with one attached hydrogen (secondary N) is 1. The van der Waals surface area contributed by atoms with Crippen LogP contribution >= 0.6 is 0 Å². The molecular formula is C14H18FN. The van der Waals surface area contributed by atoms with Crippen molar-refractivity contribution < 1.29 is 4.39 Å². The van der Waals surface area contributed by atoms with Gasteiger partial charge in [-0.1, -0.05) is 12.1 Å². The third kappa shape index (κ3) is 4.46. The first-order valence-corrected chi connectivity index (χ1v) is 5.55. The van der Waals surface area contributed by atoms with Gasteiger partial charge in [0.1, 0.15) is 5.82 Å². The summed E-state index contributed by atoms with van der Waals surface area (Å²) < 4.78 is 13.0. The van der Waals surface area contributed by atoms with E-state index in [2.05, 4.69) is 25.1 Å². The van der Waals surface area contributed by atoms with E-state index in [0.29, 0.717) is 18.5 Å². The van der Waals surface area contributed by atoms with Crippen LogP contribution in [0.5, 0.6) is 0 Å². The van der Waals surface area contributed by atoms with E-state index >= 15 is 0 Å². The Kier molecular flexibility index (Phi) is 5.01. The molecule has 0 fully saturated rings. The lowest BCUT2D eigenvalue weighted by molar-refractivity contribution is 0.469. The molecule has 1 rings (SSSR count). The van der Waals surface area contributed by atoms with E-state index in [1.54, 1.807) is 12.1 Å². The van der Waals surface area contributed by atoms with Crippen LogP contribution in [0, 0.1) is 18.2 Å². The Balaban J connectivity index is 2.45. The zero-order valence-electron chi connectivity index (χ0n) is 9.83. The van der Waals surface area contributed by atoms with Crippen molar-refractivity contribution in [3.63, 3.8) is 0 Å². The third-order valence-corrected chi connectivity index (χ3v) is 2.42. The quantitative estimate of drug-likeness (QED) is 0.751. The van der Waals surface area contributed by atoms with E-state index in [4.69, 9.17) is 6.42 Å². The second-order valence-electron chi connectivity index (χ2n) is 4.21. The number of hydrogen-bond acceptors (Lipinski definition) is 1. The van der Waals surface area contributed by atoms with Gasteiger partial charge in [0.15, 0.2) is 0 Å². The number of benzene rings is 1. The Labute approximate surface area is 97.1 Å². The van der Waals surface area contributed by atoms with Gasteiger partial charge in [0.25, 0.3) is 0 Å². The zero-order valence-corrected chi connectivity index (χ0v) is 9.83. The van der Waals surface area contributed by atoms with E-state index < -0.39 is 0 Å². The minimum atomic E-state index is -0.179. The van der Waals surface area contributed by atoms with Gasteiger partial charge in [-0.3, -0.25) is 0 Å². The van der Waals surface area contributed by atoms with Crippen LogP contribution in [0.3, 0.4) is 0 Å². The Bertz CT molecular complexity index is 367. The van der Waals surface area contributed by atoms with Crippen molar-refractivity contribution in [2.75, 3.05) is 0 Å². The summed E-state index contributed by atoms with van der Waals surface area (Å²) in [6.07, 6.45) is 6.77. The topological polar surface area (TPSA) is 12.0 Å². The Morgan fingerprint density at radius 3 is 2.75 bits per heavy atom. The molecule has 1 aromatic rings. The van der Waals surface area contributed by atoms with E-state index in [1.807, 2.05) is 6.07 Å². The summed E-state index contributed by atoms with van der Waals surface area (Å²) in [5.74, 6) is 2.44. The van der Waals surface area contributed by atoms with E-state index in [9.17, 15) is 4.39 Å². The molecule has 2 heteroatoms. The fourth-order valence-electron chi connectivity index (χ4n) is 1.80. The number of terminal acetylenes is 1. The molecule has 0 heterocycles. The van der Waals surface area contributed by atoms with Crippen LogP contribution in [0.2, 0.25) is 0 Å². The molecule has 0 amide bonds. The standard InChI is InChI=1S/C14H18FN/c1-4-6-11(2)16-12(3)9-13-7-5-8-14(15)10-13/h1,5,7-8,10-12,16H,6,9H2,2-3H3. The van der Waals surface area contributed by atoms with Crippen LogP contribution in [0.1, 0.15) is 25.8 Å². The summed E-state index contributed by atoms with van der Waals surface area (Å²) >= 11 is 0. The largest absolute Gasteiger partial charge is 0.311 e. The van der Waals surface area contributed by atoms with Crippen LogP contribution in [-0.4, -0.2) is 12.1 Å². The highest BCUT2D eigenvalue weighted by molar-refractivity contribution is 5.17. The second-order valence-corrected chi connectivity index (χ2v) is 4.21. The summed E-state index contributed by atoms with van der Waals surface area (Å²) in [6.45, 7) is 4.14. The first-order valence-electron chi connectivity index (χ1n) is 5.55. The minimum Gasteiger partial charge on any atom is -0.311 e. The molecule has 0 spiro atoms. The lowest BCUT2D eigenvalue weighted by Crippen LogP contribution is -2.35. The summed E-state index contributed by atoms with van der Waals surface area (Å²) in [7, 11) is 0. The molecule has 0 aliphatic carbocycles. The third-order valence-electron chi connectivity index (χ3n) is 2.42. The summed E-state index contributed by atoms with van der Waals surface area (Å²) in [5, 5.41) is 3.38. The van der Waals surface area contributed by atoms with Gasteiger partial charge in [-0.25, -0.2) is 4.39 Å². The maximum absolute atomic E-state index is 13.0. The average molecular weight is 219 g/mol. The number of hydrogen-bond donors (Lipinski definition) is 1. The molecule has 0 aromatic heterocycles.